The monoisotopic (exact) mass is 388 g/mol. The number of nitrogens with one attached hydrogen (secondary N) is 2. The van der Waals surface area contributed by atoms with Crippen LogP contribution in [0.2, 0.25) is 0 Å². The summed E-state index contributed by atoms with van der Waals surface area (Å²) in [4.78, 5) is 26.5. The Labute approximate surface area is 163 Å². The van der Waals surface area contributed by atoms with Crippen LogP contribution in [0.1, 0.15) is 33.6 Å². The second-order valence-corrected chi connectivity index (χ2v) is 7.98. The van der Waals surface area contributed by atoms with Gasteiger partial charge in [0, 0.05) is 4.88 Å². The Morgan fingerprint density at radius 2 is 1.96 bits per heavy atom. The number of benzene rings is 1. The van der Waals surface area contributed by atoms with Crippen LogP contribution < -0.4 is 20.7 Å². The standard InChI is InChI=1S/C20H25N3O3S/c1-23(11-12-26-14-7-3-2-4-8-14)13-17(24)22-20-18(19(21)25)15-9-5-6-10-16(15)27-20/h2-4,7-8H,5-6,9-13H2,1H3,(H2,21,25)(H,22,24)/p+1. The third-order valence-corrected chi connectivity index (χ3v) is 5.88. The molecule has 2 aromatic rings. The fraction of sp³-hybridized carbons (Fsp3) is 0.400. The van der Waals surface area contributed by atoms with Crippen LogP contribution in [0.15, 0.2) is 30.3 Å². The first kappa shape index (κ1) is 19.4. The van der Waals surface area contributed by atoms with Crippen molar-refractivity contribution in [2.24, 2.45) is 5.73 Å². The van der Waals surface area contributed by atoms with E-state index in [1.807, 2.05) is 37.4 Å². The summed E-state index contributed by atoms with van der Waals surface area (Å²) in [5.41, 5.74) is 7.12. The summed E-state index contributed by atoms with van der Waals surface area (Å²) in [6, 6.07) is 9.61. The van der Waals surface area contributed by atoms with Crippen molar-refractivity contribution in [3.8, 4) is 5.75 Å². The van der Waals surface area contributed by atoms with Gasteiger partial charge in [-0.05, 0) is 43.4 Å². The number of fused-ring (bicyclic) bond motifs is 1. The molecule has 0 saturated heterocycles. The van der Waals surface area contributed by atoms with Crippen molar-refractivity contribution in [3.63, 3.8) is 0 Å². The summed E-state index contributed by atoms with van der Waals surface area (Å²) in [5.74, 6) is 0.250. The SMILES string of the molecule is C[NH+](CCOc1ccccc1)CC(=O)Nc1sc2c(c1C(N)=O)CCCC2. The van der Waals surface area contributed by atoms with Crippen LogP contribution in [-0.4, -0.2) is 38.6 Å². The maximum absolute atomic E-state index is 12.4. The van der Waals surface area contributed by atoms with Crippen molar-refractivity contribution in [3.05, 3.63) is 46.3 Å². The number of ether oxygens (including phenoxy) is 1. The van der Waals surface area contributed by atoms with Gasteiger partial charge in [0.2, 0.25) is 0 Å². The Hall–Kier alpha value is -2.38. The van der Waals surface area contributed by atoms with Crippen molar-refractivity contribution in [2.75, 3.05) is 32.1 Å². The highest BCUT2D eigenvalue weighted by molar-refractivity contribution is 7.17. The molecule has 3 rings (SSSR count). The fourth-order valence-corrected chi connectivity index (χ4v) is 4.62. The predicted molar refractivity (Wildman–Crippen MR) is 107 cm³/mol. The van der Waals surface area contributed by atoms with Gasteiger partial charge in [-0.1, -0.05) is 18.2 Å². The number of nitrogens with two attached hydrogens (primary N) is 1. The molecule has 144 valence electrons. The summed E-state index contributed by atoms with van der Waals surface area (Å²) in [6.45, 7) is 1.54. The average Bonchev–Trinajstić information content (AvgIpc) is 3.00. The first-order valence-electron chi connectivity index (χ1n) is 9.28. The molecule has 0 fully saturated rings. The number of aryl methyl sites for hydroxylation is 1. The molecule has 0 bridgehead atoms. The van der Waals surface area contributed by atoms with Crippen molar-refractivity contribution < 1.29 is 19.2 Å². The molecule has 7 heteroatoms. The summed E-state index contributed by atoms with van der Waals surface area (Å²) in [7, 11) is 1.95. The highest BCUT2D eigenvalue weighted by Gasteiger charge is 2.25. The third kappa shape index (κ3) is 5.08. The number of carbonyl (C=O) groups is 2. The molecule has 1 heterocycles. The van der Waals surface area contributed by atoms with Crippen LogP contribution in [0.5, 0.6) is 5.75 Å². The van der Waals surface area contributed by atoms with E-state index < -0.39 is 5.91 Å². The van der Waals surface area contributed by atoms with Crippen molar-refractivity contribution in [2.45, 2.75) is 25.7 Å². The molecular formula is C20H26N3O3S+. The van der Waals surface area contributed by atoms with Crippen LogP contribution in [0.4, 0.5) is 5.00 Å². The van der Waals surface area contributed by atoms with Gasteiger partial charge in [0.25, 0.3) is 11.8 Å². The molecule has 27 heavy (non-hydrogen) atoms. The third-order valence-electron chi connectivity index (χ3n) is 4.67. The minimum absolute atomic E-state index is 0.117. The number of primary amides is 1. The second kappa shape index (κ2) is 9.01. The number of thiophene rings is 1. The summed E-state index contributed by atoms with van der Waals surface area (Å²) in [6.07, 6.45) is 4.00. The summed E-state index contributed by atoms with van der Waals surface area (Å²) in [5, 5.41) is 3.51. The van der Waals surface area contributed by atoms with Crippen molar-refractivity contribution >= 4 is 28.2 Å². The average molecular weight is 389 g/mol. The number of para-hydroxylation sites is 1. The number of likely N-dealkylation sites (N-methyl/N-ethyl adjacent to an activating group) is 1. The summed E-state index contributed by atoms with van der Waals surface area (Å²) < 4.78 is 5.67. The Kier molecular flexibility index (Phi) is 6.47. The minimum Gasteiger partial charge on any atom is -0.488 e. The van der Waals surface area contributed by atoms with Crippen LogP contribution in [0.3, 0.4) is 0 Å². The number of carbonyl (C=O) groups excluding carboxylic acids is 2. The molecule has 4 N–H and O–H groups in total. The molecule has 1 unspecified atom stereocenters. The van der Waals surface area contributed by atoms with E-state index in [0.29, 0.717) is 30.3 Å². The van der Waals surface area contributed by atoms with Gasteiger partial charge >= 0.3 is 0 Å². The molecule has 1 atom stereocenters. The van der Waals surface area contributed by atoms with Gasteiger partial charge in [-0.25, -0.2) is 0 Å². The van der Waals surface area contributed by atoms with E-state index in [2.05, 4.69) is 5.32 Å². The van der Waals surface area contributed by atoms with Gasteiger partial charge in [-0.3, -0.25) is 9.59 Å². The zero-order valence-corrected chi connectivity index (χ0v) is 16.4. The highest BCUT2D eigenvalue weighted by Crippen LogP contribution is 2.37. The lowest BCUT2D eigenvalue weighted by Gasteiger charge is -2.14. The predicted octanol–water partition coefficient (Wildman–Crippen LogP) is 1.26. The van der Waals surface area contributed by atoms with Gasteiger partial charge in [0.1, 0.15) is 23.9 Å². The van der Waals surface area contributed by atoms with Crippen LogP contribution in [0.25, 0.3) is 0 Å². The molecular weight excluding hydrogens is 362 g/mol. The first-order chi connectivity index (χ1) is 13.0. The van der Waals surface area contributed by atoms with Gasteiger partial charge in [0.05, 0.1) is 12.6 Å². The Balaban J connectivity index is 1.53. The molecule has 1 aliphatic rings. The van der Waals surface area contributed by atoms with E-state index in [1.165, 1.54) is 16.2 Å². The van der Waals surface area contributed by atoms with E-state index in [0.717, 1.165) is 41.9 Å². The fourth-order valence-electron chi connectivity index (χ4n) is 3.31. The first-order valence-corrected chi connectivity index (χ1v) is 10.1. The zero-order chi connectivity index (χ0) is 19.2. The maximum atomic E-state index is 12.4. The van der Waals surface area contributed by atoms with Crippen LogP contribution in [0, 0.1) is 0 Å². The van der Waals surface area contributed by atoms with Crippen LogP contribution in [-0.2, 0) is 17.6 Å². The van der Waals surface area contributed by atoms with E-state index >= 15 is 0 Å². The van der Waals surface area contributed by atoms with Crippen molar-refractivity contribution in [1.29, 1.82) is 0 Å². The van der Waals surface area contributed by atoms with Gasteiger partial charge in [0.15, 0.2) is 6.54 Å². The summed E-state index contributed by atoms with van der Waals surface area (Å²) >= 11 is 1.49. The minimum atomic E-state index is -0.457. The Morgan fingerprint density at radius 3 is 2.70 bits per heavy atom. The Morgan fingerprint density at radius 1 is 1.22 bits per heavy atom. The number of amides is 2. The molecule has 0 spiro atoms. The largest absolute Gasteiger partial charge is 0.488 e. The Bertz CT molecular complexity index is 804. The number of hydrogen-bond acceptors (Lipinski definition) is 4. The number of hydrogen-bond donors (Lipinski definition) is 3. The van der Waals surface area contributed by atoms with E-state index in [9.17, 15) is 9.59 Å². The lowest BCUT2D eigenvalue weighted by molar-refractivity contribution is -0.871. The number of anilines is 1. The number of rotatable bonds is 8. The van der Waals surface area contributed by atoms with E-state index in [4.69, 9.17) is 10.5 Å². The highest BCUT2D eigenvalue weighted by atomic mass is 32.1. The molecule has 1 aliphatic carbocycles. The zero-order valence-electron chi connectivity index (χ0n) is 15.5. The molecule has 0 saturated carbocycles. The lowest BCUT2D eigenvalue weighted by Crippen LogP contribution is -3.10. The second-order valence-electron chi connectivity index (χ2n) is 6.87. The quantitative estimate of drug-likeness (QED) is 0.636. The molecule has 0 radical (unpaired) electrons. The topological polar surface area (TPSA) is 85.9 Å². The molecule has 6 nitrogen and oxygen atoms in total. The van der Waals surface area contributed by atoms with Gasteiger partial charge in [-0.2, -0.15) is 0 Å². The van der Waals surface area contributed by atoms with E-state index in [1.54, 1.807) is 0 Å². The molecule has 2 amide bonds. The van der Waals surface area contributed by atoms with Gasteiger partial charge < -0.3 is 20.7 Å². The van der Waals surface area contributed by atoms with E-state index in [-0.39, 0.29) is 5.91 Å². The van der Waals surface area contributed by atoms with Gasteiger partial charge in [-0.15, -0.1) is 11.3 Å². The van der Waals surface area contributed by atoms with Crippen molar-refractivity contribution in [1.82, 2.24) is 0 Å². The smallest absolute Gasteiger partial charge is 0.280 e. The molecule has 1 aromatic carbocycles. The molecule has 1 aromatic heterocycles. The lowest BCUT2D eigenvalue weighted by atomic mass is 9.95. The normalized spacial score (nSPS) is 14.3. The molecule has 0 aliphatic heterocycles. The maximum Gasteiger partial charge on any atom is 0.280 e. The number of quaternary nitrogens is 1. The van der Waals surface area contributed by atoms with Crippen LogP contribution >= 0.6 is 11.3 Å².